The molecule has 4 atom stereocenters. The fourth-order valence-corrected chi connectivity index (χ4v) is 4.69. The molecule has 0 aliphatic heterocycles. The minimum atomic E-state index is -4.96. The molecule has 1 aliphatic rings. The number of ether oxygens (including phenoxy) is 1. The number of amides is 1. The van der Waals surface area contributed by atoms with Crippen molar-refractivity contribution in [2.24, 2.45) is 0 Å². The molecule has 0 radical (unpaired) electrons. The molecule has 3 rings (SSSR count). The third-order valence-corrected chi connectivity index (χ3v) is 6.51. The van der Waals surface area contributed by atoms with E-state index in [1.54, 1.807) is 19.2 Å². The first-order valence-electron chi connectivity index (χ1n) is 11.3. The first-order valence-corrected chi connectivity index (χ1v) is 11.3. The lowest BCUT2D eigenvalue weighted by Gasteiger charge is -2.33. The smallest absolute Gasteiger partial charge is 0.370 e. The molecule has 36 heavy (non-hydrogen) atoms. The molecule has 11 heteroatoms. The number of hydrogen-bond donors (Lipinski definition) is 1. The van der Waals surface area contributed by atoms with Gasteiger partial charge in [-0.2, -0.15) is 26.3 Å². The Kier molecular flexibility index (Phi) is 8.34. The van der Waals surface area contributed by atoms with E-state index in [1.807, 2.05) is 4.90 Å². The SMILES string of the molecule is CNC(=O)CN(C)[C@@H]1CC[C@H](O[C@H](C)c2cc(C(F)(F)F)cc(C(F)(F)F)c2)[C@H]1c1ccc(F)cc1. The Balaban J connectivity index is 1.93. The number of carbonyl (C=O) groups is 1. The van der Waals surface area contributed by atoms with E-state index in [4.69, 9.17) is 4.74 Å². The van der Waals surface area contributed by atoms with Gasteiger partial charge in [-0.1, -0.05) is 12.1 Å². The summed E-state index contributed by atoms with van der Waals surface area (Å²) >= 11 is 0. The van der Waals surface area contributed by atoms with Gasteiger partial charge in [0.05, 0.1) is 29.9 Å². The fourth-order valence-electron chi connectivity index (χ4n) is 4.69. The number of likely N-dealkylation sites (N-methyl/N-ethyl adjacent to an activating group) is 2. The maximum atomic E-state index is 13.6. The van der Waals surface area contributed by atoms with Gasteiger partial charge in [-0.05, 0) is 68.3 Å². The van der Waals surface area contributed by atoms with Crippen molar-refractivity contribution in [2.75, 3.05) is 20.6 Å². The largest absolute Gasteiger partial charge is 0.416 e. The van der Waals surface area contributed by atoms with E-state index in [1.165, 1.54) is 26.1 Å². The first-order chi connectivity index (χ1) is 16.7. The summed E-state index contributed by atoms with van der Waals surface area (Å²) in [5, 5.41) is 2.54. The molecule has 4 nitrogen and oxygen atoms in total. The van der Waals surface area contributed by atoms with Crippen LogP contribution in [0.3, 0.4) is 0 Å². The van der Waals surface area contributed by atoms with Gasteiger partial charge in [0, 0.05) is 19.0 Å². The van der Waals surface area contributed by atoms with E-state index in [-0.39, 0.29) is 30.1 Å². The number of nitrogens with zero attached hydrogens (tertiary/aromatic N) is 1. The summed E-state index contributed by atoms with van der Waals surface area (Å²) in [6.45, 7) is 1.47. The van der Waals surface area contributed by atoms with Crippen molar-refractivity contribution >= 4 is 5.91 Å². The molecule has 1 amide bonds. The summed E-state index contributed by atoms with van der Waals surface area (Å²) in [6, 6.07) is 6.86. The number of benzene rings is 2. The maximum absolute atomic E-state index is 13.6. The number of hydrogen-bond acceptors (Lipinski definition) is 3. The summed E-state index contributed by atoms with van der Waals surface area (Å²) in [5.41, 5.74) is -2.38. The molecule has 0 unspecified atom stereocenters. The normalized spacial score (nSPS) is 21.6. The van der Waals surface area contributed by atoms with E-state index >= 15 is 0 Å². The van der Waals surface area contributed by atoms with Crippen LogP contribution in [0.25, 0.3) is 0 Å². The second kappa shape index (κ2) is 10.8. The minimum absolute atomic E-state index is 0.0731. The monoisotopic (exact) mass is 520 g/mol. The molecule has 1 saturated carbocycles. The third-order valence-electron chi connectivity index (χ3n) is 6.51. The van der Waals surface area contributed by atoms with Crippen LogP contribution in [0, 0.1) is 5.82 Å². The lowest BCUT2D eigenvalue weighted by atomic mass is 9.91. The zero-order valence-electron chi connectivity index (χ0n) is 19.9. The van der Waals surface area contributed by atoms with Gasteiger partial charge in [0.15, 0.2) is 0 Å². The van der Waals surface area contributed by atoms with Crippen LogP contribution in [0.4, 0.5) is 30.7 Å². The van der Waals surface area contributed by atoms with Crippen molar-refractivity contribution < 1.29 is 40.3 Å². The van der Waals surface area contributed by atoms with E-state index in [9.17, 15) is 35.5 Å². The summed E-state index contributed by atoms with van der Waals surface area (Å²) in [6.07, 6.45) is -10.6. The van der Waals surface area contributed by atoms with Gasteiger partial charge in [0.2, 0.25) is 5.91 Å². The standard InChI is InChI=1S/C25H27F7N2O2/c1-14(16-10-17(24(27,28)29)12-18(11-16)25(30,31)32)36-21-9-8-20(34(3)13-22(35)33-2)23(21)15-4-6-19(26)7-5-15/h4-7,10-12,14,20-21,23H,8-9,13H2,1-3H3,(H,33,35)/t14-,20-,21+,23+/m1/s1. The molecule has 2 aromatic carbocycles. The van der Waals surface area contributed by atoms with E-state index < -0.39 is 47.4 Å². The van der Waals surface area contributed by atoms with E-state index in [0.717, 1.165) is 0 Å². The molecule has 1 aliphatic carbocycles. The Labute approximate surface area is 204 Å². The van der Waals surface area contributed by atoms with Crippen LogP contribution in [0.2, 0.25) is 0 Å². The zero-order chi connectivity index (χ0) is 26.8. The van der Waals surface area contributed by atoms with Gasteiger partial charge in [0.25, 0.3) is 0 Å². The Morgan fingerprint density at radius 2 is 1.58 bits per heavy atom. The first kappa shape index (κ1) is 27.9. The second-order valence-corrected chi connectivity index (χ2v) is 8.97. The highest BCUT2D eigenvalue weighted by atomic mass is 19.4. The predicted molar refractivity (Wildman–Crippen MR) is 119 cm³/mol. The molecule has 0 aromatic heterocycles. The summed E-state index contributed by atoms with van der Waals surface area (Å²) in [4.78, 5) is 13.7. The Morgan fingerprint density at radius 3 is 2.08 bits per heavy atom. The quantitative estimate of drug-likeness (QED) is 0.460. The Hall–Kier alpha value is -2.66. The van der Waals surface area contributed by atoms with Gasteiger partial charge in [-0.15, -0.1) is 0 Å². The Bertz CT molecular complexity index is 1020. The van der Waals surface area contributed by atoms with Crippen LogP contribution in [0.1, 0.15) is 54.0 Å². The summed E-state index contributed by atoms with van der Waals surface area (Å²) < 4.78 is 99.6. The lowest BCUT2D eigenvalue weighted by molar-refractivity contribution is -0.143. The highest BCUT2D eigenvalue weighted by molar-refractivity contribution is 5.77. The molecule has 1 fully saturated rings. The van der Waals surface area contributed by atoms with Crippen LogP contribution < -0.4 is 5.32 Å². The number of halogens is 7. The average Bonchev–Trinajstić information content (AvgIpc) is 3.21. The fraction of sp³-hybridized carbons (Fsp3) is 0.480. The van der Waals surface area contributed by atoms with Gasteiger partial charge < -0.3 is 10.1 Å². The number of carbonyl (C=O) groups excluding carboxylic acids is 1. The van der Waals surface area contributed by atoms with Crippen LogP contribution in [0.15, 0.2) is 42.5 Å². The summed E-state index contributed by atoms with van der Waals surface area (Å²) in [7, 11) is 3.24. The van der Waals surface area contributed by atoms with Crippen molar-refractivity contribution in [3.63, 3.8) is 0 Å². The molecular formula is C25H27F7N2O2. The highest BCUT2D eigenvalue weighted by Gasteiger charge is 2.42. The van der Waals surface area contributed by atoms with Gasteiger partial charge in [-0.25, -0.2) is 4.39 Å². The van der Waals surface area contributed by atoms with Gasteiger partial charge in [-0.3, -0.25) is 9.69 Å². The highest BCUT2D eigenvalue weighted by Crippen LogP contribution is 2.43. The zero-order valence-corrected chi connectivity index (χ0v) is 19.9. The minimum Gasteiger partial charge on any atom is -0.370 e. The summed E-state index contributed by atoms with van der Waals surface area (Å²) in [5.74, 6) is -1.08. The molecule has 2 aromatic rings. The Morgan fingerprint density at radius 1 is 1.03 bits per heavy atom. The second-order valence-electron chi connectivity index (χ2n) is 8.97. The molecule has 0 heterocycles. The molecule has 0 saturated heterocycles. The predicted octanol–water partition coefficient (Wildman–Crippen LogP) is 5.93. The maximum Gasteiger partial charge on any atom is 0.416 e. The lowest BCUT2D eigenvalue weighted by Crippen LogP contribution is -2.42. The average molecular weight is 520 g/mol. The van der Waals surface area contributed by atoms with Crippen LogP contribution >= 0.6 is 0 Å². The van der Waals surface area contributed by atoms with Crippen LogP contribution in [0.5, 0.6) is 0 Å². The third kappa shape index (κ3) is 6.56. The van der Waals surface area contributed by atoms with Crippen molar-refractivity contribution in [3.8, 4) is 0 Å². The topological polar surface area (TPSA) is 41.6 Å². The number of rotatable bonds is 7. The number of nitrogens with one attached hydrogen (secondary N) is 1. The van der Waals surface area contributed by atoms with Crippen molar-refractivity contribution in [1.82, 2.24) is 10.2 Å². The number of alkyl halides is 6. The van der Waals surface area contributed by atoms with Crippen LogP contribution in [-0.2, 0) is 21.9 Å². The molecule has 0 spiro atoms. The molecular weight excluding hydrogens is 493 g/mol. The van der Waals surface area contributed by atoms with E-state index in [0.29, 0.717) is 30.5 Å². The van der Waals surface area contributed by atoms with Gasteiger partial charge in [0.1, 0.15) is 5.82 Å². The van der Waals surface area contributed by atoms with Crippen molar-refractivity contribution in [1.29, 1.82) is 0 Å². The van der Waals surface area contributed by atoms with E-state index in [2.05, 4.69) is 5.32 Å². The van der Waals surface area contributed by atoms with Crippen LogP contribution in [-0.4, -0.2) is 43.6 Å². The molecule has 0 bridgehead atoms. The molecule has 1 N–H and O–H groups in total. The van der Waals surface area contributed by atoms with Crippen molar-refractivity contribution in [2.45, 2.75) is 56.3 Å². The molecule has 198 valence electrons. The van der Waals surface area contributed by atoms with Gasteiger partial charge >= 0.3 is 12.4 Å². The van der Waals surface area contributed by atoms with Crippen molar-refractivity contribution in [3.05, 3.63) is 70.5 Å².